The van der Waals surface area contributed by atoms with Gasteiger partial charge in [0.1, 0.15) is 5.67 Å². The summed E-state index contributed by atoms with van der Waals surface area (Å²) in [6.07, 6.45) is 5.57. The first-order valence-electron chi connectivity index (χ1n) is 10.0. The molecule has 0 aliphatic heterocycles. The summed E-state index contributed by atoms with van der Waals surface area (Å²) < 4.78 is 14.5. The van der Waals surface area contributed by atoms with Gasteiger partial charge in [-0.05, 0) is 64.5 Å². The molecule has 0 saturated carbocycles. The van der Waals surface area contributed by atoms with Crippen LogP contribution in [0, 0.1) is 0 Å². The van der Waals surface area contributed by atoms with Crippen LogP contribution < -0.4 is 0 Å². The van der Waals surface area contributed by atoms with Gasteiger partial charge in [-0.25, -0.2) is 4.39 Å². The van der Waals surface area contributed by atoms with E-state index in [0.29, 0.717) is 0 Å². The minimum atomic E-state index is -1.40. The Morgan fingerprint density at radius 2 is 1.21 bits per heavy atom. The third-order valence-electron chi connectivity index (χ3n) is 6.12. The highest BCUT2D eigenvalue weighted by Gasteiger charge is 2.51. The van der Waals surface area contributed by atoms with E-state index < -0.39 is 11.1 Å². The minimum Gasteiger partial charge on any atom is -0.240 e. The van der Waals surface area contributed by atoms with E-state index in [0.717, 1.165) is 11.1 Å². The Morgan fingerprint density at radius 3 is 1.69 bits per heavy atom. The quantitative estimate of drug-likeness (QED) is 0.450. The first kappa shape index (κ1) is 17.9. The fourth-order valence-corrected chi connectivity index (χ4v) is 5.07. The van der Waals surface area contributed by atoms with Crippen LogP contribution in [-0.2, 0) is 5.41 Å². The summed E-state index contributed by atoms with van der Waals surface area (Å²) in [5.74, 6) is 0. The second kappa shape index (κ2) is 6.15. The van der Waals surface area contributed by atoms with E-state index in [-0.39, 0.29) is 0 Å². The molecular weight excluding hydrogens is 355 g/mol. The number of benzene rings is 3. The zero-order valence-electron chi connectivity index (χ0n) is 16.7. The average Bonchev–Trinajstić information content (AvgIpc) is 3.18. The van der Waals surface area contributed by atoms with Gasteiger partial charge in [0.2, 0.25) is 0 Å². The number of hydrogen-bond acceptors (Lipinski definition) is 0. The van der Waals surface area contributed by atoms with Gasteiger partial charge in [0, 0.05) is 0 Å². The number of halogens is 1. The molecule has 142 valence electrons. The predicted octanol–water partition coefficient (Wildman–Crippen LogP) is 7.26. The van der Waals surface area contributed by atoms with Crippen molar-refractivity contribution in [2.45, 2.75) is 24.9 Å². The highest BCUT2D eigenvalue weighted by Crippen LogP contribution is 2.62. The molecule has 0 fully saturated rings. The maximum absolute atomic E-state index is 14.5. The second-order valence-corrected chi connectivity index (χ2v) is 8.32. The normalized spacial score (nSPS) is 16.2. The average molecular weight is 378 g/mol. The Labute approximate surface area is 171 Å². The topological polar surface area (TPSA) is 0 Å². The summed E-state index contributed by atoms with van der Waals surface area (Å²) in [5.41, 5.74) is 7.73. The Balaban J connectivity index is 1.96. The van der Waals surface area contributed by atoms with Crippen molar-refractivity contribution in [3.8, 4) is 11.1 Å². The standard InChI is InChI=1S/C28H23F/c1-4-19-20-11-5-8-14-23(20)28(26(19)17-18-27(2,3)29)24-15-9-6-12-21(24)22-13-7-10-16-25(22)28/h4-18H,1H2,2-3H3/b18-17-. The molecule has 3 aromatic carbocycles. The second-order valence-electron chi connectivity index (χ2n) is 8.32. The molecule has 2 aliphatic carbocycles. The van der Waals surface area contributed by atoms with Crippen LogP contribution >= 0.6 is 0 Å². The van der Waals surface area contributed by atoms with Crippen LogP contribution in [-0.4, -0.2) is 5.67 Å². The molecule has 1 spiro atoms. The fraction of sp³-hybridized carbons (Fsp3) is 0.143. The van der Waals surface area contributed by atoms with Crippen LogP contribution in [0.4, 0.5) is 4.39 Å². The van der Waals surface area contributed by atoms with Crippen molar-refractivity contribution in [2.75, 3.05) is 0 Å². The monoisotopic (exact) mass is 378 g/mol. The molecule has 0 unspecified atom stereocenters. The predicted molar refractivity (Wildman–Crippen MR) is 120 cm³/mol. The van der Waals surface area contributed by atoms with Crippen molar-refractivity contribution in [1.82, 2.24) is 0 Å². The first-order valence-corrected chi connectivity index (χ1v) is 10.0. The lowest BCUT2D eigenvalue weighted by Gasteiger charge is -2.31. The number of hydrogen-bond donors (Lipinski definition) is 0. The minimum absolute atomic E-state index is 0.449. The largest absolute Gasteiger partial charge is 0.240 e. The molecule has 0 N–H and O–H groups in total. The van der Waals surface area contributed by atoms with Gasteiger partial charge in [-0.3, -0.25) is 0 Å². The van der Waals surface area contributed by atoms with Crippen molar-refractivity contribution in [2.24, 2.45) is 0 Å². The Morgan fingerprint density at radius 1 is 0.759 bits per heavy atom. The van der Waals surface area contributed by atoms with Gasteiger partial charge in [0.25, 0.3) is 0 Å². The van der Waals surface area contributed by atoms with Crippen LogP contribution in [0.1, 0.15) is 36.1 Å². The van der Waals surface area contributed by atoms with E-state index in [1.165, 1.54) is 33.4 Å². The van der Waals surface area contributed by atoms with Crippen LogP contribution in [0.2, 0.25) is 0 Å². The molecule has 0 saturated heterocycles. The molecule has 0 atom stereocenters. The maximum atomic E-state index is 14.5. The molecule has 29 heavy (non-hydrogen) atoms. The molecule has 0 heterocycles. The molecule has 0 amide bonds. The van der Waals surface area contributed by atoms with Crippen molar-refractivity contribution < 1.29 is 4.39 Å². The molecule has 2 aliphatic rings. The summed E-state index contributed by atoms with van der Waals surface area (Å²) in [5, 5.41) is 0. The van der Waals surface area contributed by atoms with E-state index in [9.17, 15) is 4.39 Å². The highest BCUT2D eigenvalue weighted by molar-refractivity contribution is 5.97. The Kier molecular flexibility index (Phi) is 3.79. The number of alkyl halides is 1. The van der Waals surface area contributed by atoms with E-state index >= 15 is 0 Å². The van der Waals surface area contributed by atoms with Gasteiger partial charge in [-0.1, -0.05) is 91.5 Å². The zero-order valence-corrected chi connectivity index (χ0v) is 16.7. The van der Waals surface area contributed by atoms with Gasteiger partial charge in [-0.15, -0.1) is 0 Å². The molecule has 0 bridgehead atoms. The maximum Gasteiger partial charge on any atom is 0.123 e. The summed E-state index contributed by atoms with van der Waals surface area (Å²) in [4.78, 5) is 0. The lowest BCUT2D eigenvalue weighted by atomic mass is 9.69. The summed E-state index contributed by atoms with van der Waals surface area (Å²) in [7, 11) is 0. The van der Waals surface area contributed by atoms with E-state index in [4.69, 9.17) is 0 Å². The molecule has 1 heteroatoms. The van der Waals surface area contributed by atoms with Crippen LogP contribution in [0.25, 0.3) is 16.7 Å². The van der Waals surface area contributed by atoms with Gasteiger partial charge in [0.05, 0.1) is 5.41 Å². The van der Waals surface area contributed by atoms with E-state index in [1.807, 2.05) is 12.2 Å². The zero-order chi connectivity index (χ0) is 20.2. The first-order chi connectivity index (χ1) is 14.0. The van der Waals surface area contributed by atoms with Crippen LogP contribution in [0.15, 0.2) is 103 Å². The van der Waals surface area contributed by atoms with Gasteiger partial charge in [-0.2, -0.15) is 0 Å². The number of allylic oxidation sites excluding steroid dienone is 5. The molecule has 0 radical (unpaired) electrons. The van der Waals surface area contributed by atoms with Crippen molar-refractivity contribution in [3.63, 3.8) is 0 Å². The number of rotatable bonds is 3. The third-order valence-corrected chi connectivity index (χ3v) is 6.12. The van der Waals surface area contributed by atoms with Crippen LogP contribution in [0.3, 0.4) is 0 Å². The molecule has 0 aromatic heterocycles. The van der Waals surface area contributed by atoms with Crippen molar-refractivity contribution in [3.05, 3.63) is 125 Å². The molecular formula is C28H23F. The summed E-state index contributed by atoms with van der Waals surface area (Å²) in [6.45, 7) is 7.29. The lowest BCUT2D eigenvalue weighted by molar-refractivity contribution is 0.287. The van der Waals surface area contributed by atoms with Gasteiger partial charge < -0.3 is 0 Å². The van der Waals surface area contributed by atoms with Gasteiger partial charge >= 0.3 is 0 Å². The SMILES string of the molecule is C=CC1=C(/C=C\C(C)(C)F)C2(c3ccccc31)c1ccccc1-c1ccccc12. The van der Waals surface area contributed by atoms with Crippen molar-refractivity contribution >= 4 is 5.57 Å². The van der Waals surface area contributed by atoms with Crippen LogP contribution in [0.5, 0.6) is 0 Å². The van der Waals surface area contributed by atoms with E-state index in [2.05, 4.69) is 79.4 Å². The number of fused-ring (bicyclic) bond motifs is 7. The Bertz CT molecular complexity index is 1160. The van der Waals surface area contributed by atoms with Crippen molar-refractivity contribution in [1.29, 1.82) is 0 Å². The summed E-state index contributed by atoms with van der Waals surface area (Å²) >= 11 is 0. The van der Waals surface area contributed by atoms with Gasteiger partial charge in [0.15, 0.2) is 0 Å². The molecule has 5 rings (SSSR count). The molecule has 3 aromatic rings. The Hall–Kier alpha value is -3.19. The van der Waals surface area contributed by atoms with E-state index in [1.54, 1.807) is 19.9 Å². The lowest BCUT2D eigenvalue weighted by Crippen LogP contribution is -2.27. The summed E-state index contributed by atoms with van der Waals surface area (Å²) in [6, 6.07) is 25.7. The fourth-order valence-electron chi connectivity index (χ4n) is 5.07. The molecule has 0 nitrogen and oxygen atoms in total. The highest BCUT2D eigenvalue weighted by atomic mass is 19.1. The smallest absolute Gasteiger partial charge is 0.123 e. The third kappa shape index (κ3) is 2.37.